The highest BCUT2D eigenvalue weighted by molar-refractivity contribution is 9.09. The minimum atomic E-state index is -4.22. The van der Waals surface area contributed by atoms with Gasteiger partial charge < -0.3 is 4.90 Å². The molecule has 2 nitrogen and oxygen atoms in total. The van der Waals surface area contributed by atoms with E-state index in [-0.39, 0.29) is 0 Å². The van der Waals surface area contributed by atoms with Gasteiger partial charge in [0.05, 0.1) is 5.52 Å². The van der Waals surface area contributed by atoms with E-state index in [1.807, 2.05) is 6.07 Å². The molecule has 0 fully saturated rings. The van der Waals surface area contributed by atoms with Crippen molar-refractivity contribution in [1.82, 2.24) is 4.37 Å². The average Bonchev–Trinajstić information content (AvgIpc) is 2.70. The molecule has 0 radical (unpaired) electrons. The van der Waals surface area contributed by atoms with Gasteiger partial charge in [-0.3, -0.25) is 0 Å². The number of fused-ring (bicyclic) bond motifs is 1. The molecular weight excluding hydrogens is 329 g/mol. The second-order valence-electron chi connectivity index (χ2n) is 3.73. The lowest BCUT2D eigenvalue weighted by Crippen LogP contribution is -2.35. The molecule has 0 amide bonds. The van der Waals surface area contributed by atoms with E-state index >= 15 is 0 Å². The molecule has 0 unspecified atom stereocenters. The number of nitrogens with zero attached hydrogens (tertiary/aromatic N) is 2. The molecule has 7 heteroatoms. The van der Waals surface area contributed by atoms with Crippen LogP contribution in [0.25, 0.3) is 10.9 Å². The number of hydrogen-bond acceptors (Lipinski definition) is 3. The van der Waals surface area contributed by atoms with Crippen molar-refractivity contribution in [3.63, 3.8) is 0 Å². The summed E-state index contributed by atoms with van der Waals surface area (Å²) in [6.45, 7) is -0.656. The van der Waals surface area contributed by atoms with Gasteiger partial charge in [-0.05, 0) is 23.7 Å². The van der Waals surface area contributed by atoms with E-state index < -0.39 is 12.7 Å². The molecule has 0 N–H and O–H groups in total. The lowest BCUT2D eigenvalue weighted by molar-refractivity contribution is -0.119. The molecule has 0 saturated carbocycles. The Kier molecular flexibility index (Phi) is 4.11. The smallest absolute Gasteiger partial charge is 0.352 e. The maximum absolute atomic E-state index is 12.5. The second kappa shape index (κ2) is 5.44. The van der Waals surface area contributed by atoms with Gasteiger partial charge in [-0.1, -0.05) is 28.1 Å². The molecule has 0 aliphatic heterocycles. The monoisotopic (exact) mass is 338 g/mol. The molecule has 98 valence electrons. The molecule has 0 aliphatic carbocycles. The minimum absolute atomic E-state index is 0.297. The van der Waals surface area contributed by atoms with Crippen molar-refractivity contribution in [2.75, 3.05) is 23.3 Å². The number of rotatable bonds is 4. The topological polar surface area (TPSA) is 16.1 Å². The fourth-order valence-electron chi connectivity index (χ4n) is 1.67. The lowest BCUT2D eigenvalue weighted by atomic mass is 10.2. The van der Waals surface area contributed by atoms with Crippen LogP contribution in [0.3, 0.4) is 0 Å². The zero-order valence-corrected chi connectivity index (χ0v) is 11.6. The van der Waals surface area contributed by atoms with E-state index in [4.69, 9.17) is 0 Å². The standard InChI is InChI=1S/C11H10BrF3N2S/c12-5-6-17(7-11(13,14)15)10-8-3-1-2-4-9(8)16-18-10/h1-4H,5-7H2. The summed E-state index contributed by atoms with van der Waals surface area (Å²) in [5.41, 5.74) is 0.735. The van der Waals surface area contributed by atoms with E-state index in [1.54, 1.807) is 18.2 Å². The van der Waals surface area contributed by atoms with Gasteiger partial charge in [0, 0.05) is 17.3 Å². The summed E-state index contributed by atoms with van der Waals surface area (Å²) in [6.07, 6.45) is -4.22. The highest BCUT2D eigenvalue weighted by atomic mass is 79.9. The van der Waals surface area contributed by atoms with Crippen LogP contribution in [-0.4, -0.2) is 29.0 Å². The first kappa shape index (κ1) is 13.6. The summed E-state index contributed by atoms with van der Waals surface area (Å²) in [5.74, 6) is 0. The fourth-order valence-corrected chi connectivity index (χ4v) is 2.99. The summed E-state index contributed by atoms with van der Waals surface area (Å²) in [5, 5.41) is 1.82. The van der Waals surface area contributed by atoms with Crippen molar-refractivity contribution < 1.29 is 13.2 Å². The van der Waals surface area contributed by atoms with E-state index in [0.717, 1.165) is 22.4 Å². The van der Waals surface area contributed by atoms with Gasteiger partial charge in [0.25, 0.3) is 0 Å². The highest BCUT2D eigenvalue weighted by Gasteiger charge is 2.31. The van der Waals surface area contributed by atoms with E-state index in [2.05, 4.69) is 20.3 Å². The third-order valence-corrected chi connectivity index (χ3v) is 3.67. The molecule has 0 bridgehead atoms. The summed E-state index contributed by atoms with van der Waals surface area (Å²) >= 11 is 4.29. The Bertz CT molecular complexity index is 526. The molecule has 1 aromatic carbocycles. The first-order valence-corrected chi connectivity index (χ1v) is 7.13. The lowest BCUT2D eigenvalue weighted by Gasteiger charge is -2.23. The van der Waals surface area contributed by atoms with Crippen LogP contribution in [0.1, 0.15) is 0 Å². The number of hydrogen-bond donors (Lipinski definition) is 0. The fraction of sp³-hybridized carbons (Fsp3) is 0.364. The van der Waals surface area contributed by atoms with Crippen LogP contribution in [0.15, 0.2) is 24.3 Å². The predicted molar refractivity (Wildman–Crippen MR) is 71.7 cm³/mol. The third kappa shape index (κ3) is 3.14. The molecular formula is C11H10BrF3N2S. The van der Waals surface area contributed by atoms with Crippen LogP contribution < -0.4 is 4.90 Å². The first-order valence-electron chi connectivity index (χ1n) is 5.23. The highest BCUT2D eigenvalue weighted by Crippen LogP contribution is 2.33. The van der Waals surface area contributed by atoms with Gasteiger partial charge in [-0.15, -0.1) is 0 Å². The van der Waals surface area contributed by atoms with Crippen LogP contribution in [-0.2, 0) is 0 Å². The van der Waals surface area contributed by atoms with Crippen LogP contribution in [0.4, 0.5) is 18.2 Å². The van der Waals surface area contributed by atoms with Crippen molar-refractivity contribution >= 4 is 43.4 Å². The van der Waals surface area contributed by atoms with Crippen molar-refractivity contribution in [3.05, 3.63) is 24.3 Å². The Labute approximate surface area is 115 Å². The Morgan fingerprint density at radius 3 is 2.67 bits per heavy atom. The zero-order chi connectivity index (χ0) is 13.2. The van der Waals surface area contributed by atoms with E-state index in [9.17, 15) is 13.2 Å². The molecule has 1 heterocycles. The number of anilines is 1. The molecule has 18 heavy (non-hydrogen) atoms. The van der Waals surface area contributed by atoms with Crippen LogP contribution in [0.5, 0.6) is 0 Å². The maximum atomic E-state index is 12.5. The number of aromatic nitrogens is 1. The number of benzene rings is 1. The van der Waals surface area contributed by atoms with E-state index in [0.29, 0.717) is 16.9 Å². The zero-order valence-electron chi connectivity index (χ0n) is 9.25. The largest absolute Gasteiger partial charge is 0.405 e. The average molecular weight is 339 g/mol. The van der Waals surface area contributed by atoms with Gasteiger partial charge in [0.2, 0.25) is 0 Å². The Hall–Kier alpha value is -0.820. The van der Waals surface area contributed by atoms with Crippen molar-refractivity contribution in [1.29, 1.82) is 0 Å². The summed E-state index contributed by atoms with van der Waals surface area (Å²) in [6, 6.07) is 7.23. The van der Waals surface area contributed by atoms with Gasteiger partial charge in [-0.2, -0.15) is 17.5 Å². The van der Waals surface area contributed by atoms with Crippen LogP contribution >= 0.6 is 27.5 Å². The SMILES string of the molecule is FC(F)(F)CN(CCBr)c1snc2ccccc12. The van der Waals surface area contributed by atoms with Crippen molar-refractivity contribution in [2.24, 2.45) is 0 Å². The third-order valence-electron chi connectivity index (χ3n) is 2.38. The Morgan fingerprint density at radius 2 is 2.00 bits per heavy atom. The Morgan fingerprint density at radius 1 is 1.28 bits per heavy atom. The summed E-state index contributed by atoms with van der Waals surface area (Å²) in [4.78, 5) is 1.31. The molecule has 2 rings (SSSR count). The molecule has 2 aromatic rings. The Balaban J connectivity index is 2.35. The van der Waals surface area contributed by atoms with Gasteiger partial charge in [-0.25, -0.2) is 0 Å². The summed E-state index contributed by atoms with van der Waals surface area (Å²) < 4.78 is 41.8. The van der Waals surface area contributed by atoms with Crippen LogP contribution in [0.2, 0.25) is 0 Å². The molecule has 1 aromatic heterocycles. The quantitative estimate of drug-likeness (QED) is 0.781. The number of halogens is 4. The number of alkyl halides is 4. The summed E-state index contributed by atoms with van der Waals surface area (Å²) in [7, 11) is 0. The minimum Gasteiger partial charge on any atom is -0.352 e. The second-order valence-corrected chi connectivity index (χ2v) is 5.28. The normalized spacial score (nSPS) is 12.0. The van der Waals surface area contributed by atoms with Gasteiger partial charge in [0.15, 0.2) is 0 Å². The first-order chi connectivity index (χ1) is 8.51. The van der Waals surface area contributed by atoms with Crippen LogP contribution in [0, 0.1) is 0 Å². The van der Waals surface area contributed by atoms with Gasteiger partial charge in [0.1, 0.15) is 11.5 Å². The molecule has 0 atom stereocenters. The molecule has 0 saturated heterocycles. The van der Waals surface area contributed by atoms with E-state index in [1.165, 1.54) is 4.90 Å². The van der Waals surface area contributed by atoms with Crippen molar-refractivity contribution in [2.45, 2.75) is 6.18 Å². The molecule has 0 spiro atoms. The molecule has 0 aliphatic rings. The van der Waals surface area contributed by atoms with Crippen molar-refractivity contribution in [3.8, 4) is 0 Å². The maximum Gasteiger partial charge on any atom is 0.405 e. The predicted octanol–water partition coefficient (Wildman–Crippen LogP) is 4.06. The van der Waals surface area contributed by atoms with Gasteiger partial charge >= 0.3 is 6.18 Å².